The molecule has 0 heterocycles. The molecule has 3 N–H and O–H groups in total. The van der Waals surface area contributed by atoms with Crippen molar-refractivity contribution in [2.75, 3.05) is 12.3 Å². The van der Waals surface area contributed by atoms with Crippen molar-refractivity contribution in [1.29, 1.82) is 0 Å². The third kappa shape index (κ3) is 2.83. The number of anilines is 1. The molecule has 1 fully saturated rings. The molecule has 0 amide bonds. The molecule has 0 radical (unpaired) electrons. The van der Waals surface area contributed by atoms with Gasteiger partial charge in [-0.3, -0.25) is 0 Å². The molecule has 0 unspecified atom stereocenters. The molecule has 20 heavy (non-hydrogen) atoms. The number of sulfonamides is 1. The summed E-state index contributed by atoms with van der Waals surface area (Å²) in [6, 6.07) is 6.94. The van der Waals surface area contributed by atoms with Gasteiger partial charge in [0.25, 0.3) is 0 Å². The van der Waals surface area contributed by atoms with E-state index in [1.807, 2.05) is 0 Å². The lowest BCUT2D eigenvalue weighted by molar-refractivity contribution is 0.457. The van der Waals surface area contributed by atoms with Crippen molar-refractivity contribution >= 4 is 15.7 Å². The van der Waals surface area contributed by atoms with E-state index in [4.69, 9.17) is 5.73 Å². The van der Waals surface area contributed by atoms with E-state index < -0.39 is 10.0 Å². The smallest absolute Gasteiger partial charge is 0.215 e. The van der Waals surface area contributed by atoms with Gasteiger partial charge in [0.2, 0.25) is 10.0 Å². The molecule has 0 aromatic heterocycles. The Hall–Kier alpha value is -1.07. The van der Waals surface area contributed by atoms with Crippen LogP contribution in [0.5, 0.6) is 0 Å². The van der Waals surface area contributed by atoms with Crippen molar-refractivity contribution in [3.63, 3.8) is 0 Å². The summed E-state index contributed by atoms with van der Waals surface area (Å²) in [7, 11) is -3.29. The minimum atomic E-state index is -3.29. The summed E-state index contributed by atoms with van der Waals surface area (Å²) in [6.07, 6.45) is 0. The normalized spacial score (nSPS) is 20.8. The van der Waals surface area contributed by atoms with Gasteiger partial charge in [0, 0.05) is 12.2 Å². The highest BCUT2D eigenvalue weighted by molar-refractivity contribution is 7.88. The maximum atomic E-state index is 12.1. The largest absolute Gasteiger partial charge is 0.399 e. The Morgan fingerprint density at radius 3 is 2.05 bits per heavy atom. The fourth-order valence-corrected chi connectivity index (χ4v) is 4.09. The van der Waals surface area contributed by atoms with E-state index in [0.717, 1.165) is 5.56 Å². The average molecular weight is 296 g/mol. The number of nitrogen functional groups attached to an aromatic ring is 1. The van der Waals surface area contributed by atoms with Gasteiger partial charge in [0.1, 0.15) is 0 Å². The van der Waals surface area contributed by atoms with E-state index in [-0.39, 0.29) is 16.6 Å². The Bertz CT molecular complexity index is 575. The van der Waals surface area contributed by atoms with Crippen LogP contribution in [0.1, 0.15) is 33.3 Å². The first-order chi connectivity index (χ1) is 9.06. The van der Waals surface area contributed by atoms with Gasteiger partial charge < -0.3 is 5.73 Å². The van der Waals surface area contributed by atoms with Gasteiger partial charge in [-0.2, -0.15) is 0 Å². The highest BCUT2D eigenvalue weighted by Gasteiger charge is 2.64. The standard InChI is InChI=1S/C15H24N2O2S/c1-14(2)13(15(14,3)4)9-17-20(18,19)10-11-5-7-12(16)8-6-11/h5-8,13,17H,9-10,16H2,1-4H3. The maximum absolute atomic E-state index is 12.1. The fraction of sp³-hybridized carbons (Fsp3) is 0.600. The van der Waals surface area contributed by atoms with Crippen LogP contribution < -0.4 is 10.5 Å². The van der Waals surface area contributed by atoms with E-state index in [2.05, 4.69) is 32.4 Å². The summed E-state index contributed by atoms with van der Waals surface area (Å²) in [5.41, 5.74) is 7.36. The fourth-order valence-electron chi connectivity index (χ4n) is 2.94. The highest BCUT2D eigenvalue weighted by Crippen LogP contribution is 2.67. The van der Waals surface area contributed by atoms with Crippen molar-refractivity contribution in [3.05, 3.63) is 29.8 Å². The average Bonchev–Trinajstić information content (AvgIpc) is 2.70. The Morgan fingerprint density at radius 2 is 1.60 bits per heavy atom. The summed E-state index contributed by atoms with van der Waals surface area (Å²) < 4.78 is 26.9. The lowest BCUT2D eigenvalue weighted by Crippen LogP contribution is -2.28. The molecule has 0 bridgehead atoms. The lowest BCUT2D eigenvalue weighted by Gasteiger charge is -2.08. The molecule has 0 atom stereocenters. The Labute approximate surface area is 121 Å². The van der Waals surface area contributed by atoms with Crippen LogP contribution in [0.25, 0.3) is 0 Å². The van der Waals surface area contributed by atoms with Gasteiger partial charge in [-0.25, -0.2) is 13.1 Å². The maximum Gasteiger partial charge on any atom is 0.215 e. The summed E-state index contributed by atoms with van der Waals surface area (Å²) in [4.78, 5) is 0. The minimum absolute atomic E-state index is 0.000850. The molecule has 0 aliphatic heterocycles. The Kier molecular flexibility index (Phi) is 3.63. The number of rotatable bonds is 5. The van der Waals surface area contributed by atoms with E-state index in [9.17, 15) is 8.42 Å². The molecule has 0 saturated heterocycles. The van der Waals surface area contributed by atoms with Gasteiger partial charge >= 0.3 is 0 Å². The Morgan fingerprint density at radius 1 is 1.10 bits per heavy atom. The van der Waals surface area contributed by atoms with Crippen LogP contribution in [0.2, 0.25) is 0 Å². The molecule has 1 aromatic carbocycles. The van der Waals surface area contributed by atoms with Crippen molar-refractivity contribution in [2.24, 2.45) is 16.7 Å². The second kappa shape index (κ2) is 4.74. The van der Waals surface area contributed by atoms with Gasteiger partial charge in [-0.1, -0.05) is 39.8 Å². The third-order valence-electron chi connectivity index (χ3n) is 5.16. The van der Waals surface area contributed by atoms with Crippen LogP contribution >= 0.6 is 0 Å². The Balaban J connectivity index is 1.94. The second-order valence-electron chi connectivity index (χ2n) is 6.85. The molecule has 1 aliphatic rings. The van der Waals surface area contributed by atoms with Crippen molar-refractivity contribution in [2.45, 2.75) is 33.4 Å². The highest BCUT2D eigenvalue weighted by atomic mass is 32.2. The van der Waals surface area contributed by atoms with Crippen LogP contribution in [0.3, 0.4) is 0 Å². The van der Waals surface area contributed by atoms with Crippen molar-refractivity contribution in [3.8, 4) is 0 Å². The first-order valence-corrected chi connectivity index (χ1v) is 8.53. The lowest BCUT2D eigenvalue weighted by atomic mass is 10.0. The van der Waals surface area contributed by atoms with Crippen LogP contribution in [0.15, 0.2) is 24.3 Å². The zero-order chi connectivity index (χ0) is 15.2. The number of nitrogens with one attached hydrogen (secondary N) is 1. The number of benzene rings is 1. The van der Waals surface area contributed by atoms with Crippen LogP contribution in [0, 0.1) is 16.7 Å². The number of hydrogen-bond acceptors (Lipinski definition) is 3. The zero-order valence-electron chi connectivity index (χ0n) is 12.6. The topological polar surface area (TPSA) is 72.2 Å². The first-order valence-electron chi connectivity index (χ1n) is 6.88. The first kappa shape index (κ1) is 15.3. The summed E-state index contributed by atoms with van der Waals surface area (Å²) in [5.74, 6) is 0.386. The van der Waals surface area contributed by atoms with E-state index in [1.165, 1.54) is 0 Å². The van der Waals surface area contributed by atoms with Crippen LogP contribution in [0.4, 0.5) is 5.69 Å². The summed E-state index contributed by atoms with van der Waals surface area (Å²) >= 11 is 0. The molecule has 1 aromatic rings. The SMILES string of the molecule is CC1(C)C(CNS(=O)(=O)Cc2ccc(N)cc2)C1(C)C. The van der Waals surface area contributed by atoms with Crippen LogP contribution in [-0.4, -0.2) is 15.0 Å². The van der Waals surface area contributed by atoms with Crippen molar-refractivity contribution < 1.29 is 8.42 Å². The third-order valence-corrected chi connectivity index (χ3v) is 6.48. The monoisotopic (exact) mass is 296 g/mol. The van der Waals surface area contributed by atoms with E-state index in [1.54, 1.807) is 24.3 Å². The minimum Gasteiger partial charge on any atom is -0.399 e. The van der Waals surface area contributed by atoms with Gasteiger partial charge in [-0.15, -0.1) is 0 Å². The molecular weight excluding hydrogens is 272 g/mol. The number of hydrogen-bond donors (Lipinski definition) is 2. The second-order valence-corrected chi connectivity index (χ2v) is 8.65. The van der Waals surface area contributed by atoms with Crippen molar-refractivity contribution in [1.82, 2.24) is 4.72 Å². The van der Waals surface area contributed by atoms with E-state index in [0.29, 0.717) is 18.2 Å². The van der Waals surface area contributed by atoms with E-state index >= 15 is 0 Å². The molecule has 5 heteroatoms. The summed E-state index contributed by atoms with van der Waals surface area (Å²) in [5, 5.41) is 0. The quantitative estimate of drug-likeness (QED) is 0.819. The number of nitrogens with two attached hydrogens (primary N) is 1. The summed E-state index contributed by atoms with van der Waals surface area (Å²) in [6.45, 7) is 9.26. The molecule has 1 aliphatic carbocycles. The van der Waals surface area contributed by atoms with Gasteiger partial charge in [-0.05, 0) is 34.4 Å². The molecule has 0 spiro atoms. The van der Waals surface area contributed by atoms with Gasteiger partial charge in [0.15, 0.2) is 0 Å². The molecule has 112 valence electrons. The molecule has 1 saturated carbocycles. The molecule has 2 rings (SSSR count). The predicted octanol–water partition coefficient (Wildman–Crippen LogP) is 2.37. The van der Waals surface area contributed by atoms with Gasteiger partial charge in [0.05, 0.1) is 5.75 Å². The molecular formula is C15H24N2O2S. The zero-order valence-corrected chi connectivity index (χ0v) is 13.4. The molecule has 4 nitrogen and oxygen atoms in total. The van der Waals surface area contributed by atoms with Crippen LogP contribution in [-0.2, 0) is 15.8 Å². The predicted molar refractivity (Wildman–Crippen MR) is 82.5 cm³/mol.